The average molecular weight is 703 g/mol. The normalized spacial score (nSPS) is 13.6. The van der Waals surface area contributed by atoms with Gasteiger partial charge in [-0.2, -0.15) is 0 Å². The number of pyridine rings is 2. The summed E-state index contributed by atoms with van der Waals surface area (Å²) in [5, 5.41) is 0.448. The van der Waals surface area contributed by atoms with E-state index in [9.17, 15) is 4.79 Å². The number of nitrogens with zero attached hydrogens (tertiary/aromatic N) is 4. The maximum atomic E-state index is 11.8. The van der Waals surface area contributed by atoms with E-state index in [1.54, 1.807) is 18.3 Å². The Labute approximate surface area is 305 Å². The lowest BCUT2D eigenvalue weighted by atomic mass is 10.1. The van der Waals surface area contributed by atoms with Crippen molar-refractivity contribution in [2.45, 2.75) is 40.3 Å². The number of benzene rings is 3. The molecule has 2 aromatic heterocycles. The van der Waals surface area contributed by atoms with Crippen molar-refractivity contribution in [2.24, 2.45) is 0 Å². The quantitative estimate of drug-likeness (QED) is 0.0844. The molecule has 1 aliphatic rings. The lowest BCUT2D eigenvalue weighted by Crippen LogP contribution is -2.45. The minimum atomic E-state index is 0.412. The zero-order chi connectivity index (χ0) is 35.6. The molecule has 1 fully saturated rings. The van der Waals surface area contributed by atoms with E-state index >= 15 is 0 Å². The molecule has 6 rings (SSSR count). The third-order valence-electron chi connectivity index (χ3n) is 8.86. The largest absolute Gasteiger partial charge is 0.487 e. The Morgan fingerprint density at radius 3 is 2.12 bits per heavy atom. The highest BCUT2D eigenvalue weighted by Crippen LogP contribution is 2.36. The number of aldehydes is 1. The molecule has 9 heteroatoms. The molecule has 0 spiro atoms. The Balaban J connectivity index is 1.00. The van der Waals surface area contributed by atoms with Crippen LogP contribution in [0.3, 0.4) is 0 Å². The fourth-order valence-electron chi connectivity index (χ4n) is 5.95. The van der Waals surface area contributed by atoms with Gasteiger partial charge in [0.15, 0.2) is 5.75 Å². The molecular weight excluding hydrogens is 660 g/mol. The SMILES string of the molecule is Cc1ccc(COc2ccc(Oc3c(C)cc(/C(=C\C=O)N4CCN(Cc5ccc(CCOc6ccc(C)cn6)cc5)CC4)cc3Cl)nc2)cc1. The number of carbonyl (C=O) groups is 1. The van der Waals surface area contributed by atoms with Gasteiger partial charge in [0.05, 0.1) is 17.8 Å². The predicted molar refractivity (Wildman–Crippen MR) is 202 cm³/mol. The van der Waals surface area contributed by atoms with Crippen molar-refractivity contribution in [3.05, 3.63) is 147 Å². The van der Waals surface area contributed by atoms with Crippen LogP contribution in [-0.2, 0) is 24.4 Å². The van der Waals surface area contributed by atoms with Crippen LogP contribution in [0.15, 0.2) is 103 Å². The van der Waals surface area contributed by atoms with Crippen LogP contribution in [-0.4, -0.2) is 58.8 Å². The second kappa shape index (κ2) is 17.2. The first-order chi connectivity index (χ1) is 24.8. The zero-order valence-electron chi connectivity index (χ0n) is 29.3. The minimum absolute atomic E-state index is 0.412. The average Bonchev–Trinajstić information content (AvgIpc) is 3.14. The fourth-order valence-corrected chi connectivity index (χ4v) is 6.26. The van der Waals surface area contributed by atoms with Crippen LogP contribution in [0.25, 0.3) is 5.70 Å². The van der Waals surface area contributed by atoms with Gasteiger partial charge in [-0.05, 0) is 72.4 Å². The molecule has 5 aromatic rings. The second-order valence-corrected chi connectivity index (χ2v) is 13.3. The van der Waals surface area contributed by atoms with Crippen LogP contribution in [0.4, 0.5) is 0 Å². The van der Waals surface area contributed by atoms with Crippen LogP contribution >= 0.6 is 11.6 Å². The van der Waals surface area contributed by atoms with Gasteiger partial charge < -0.3 is 19.1 Å². The third-order valence-corrected chi connectivity index (χ3v) is 9.14. The maximum absolute atomic E-state index is 11.8. The van der Waals surface area contributed by atoms with Gasteiger partial charge in [0.1, 0.15) is 18.6 Å². The van der Waals surface area contributed by atoms with Gasteiger partial charge in [0.25, 0.3) is 0 Å². The summed E-state index contributed by atoms with van der Waals surface area (Å²) in [4.78, 5) is 25.2. The van der Waals surface area contributed by atoms with E-state index in [0.29, 0.717) is 41.5 Å². The van der Waals surface area contributed by atoms with Crippen molar-refractivity contribution in [3.8, 4) is 23.3 Å². The summed E-state index contributed by atoms with van der Waals surface area (Å²) in [6.45, 7) is 11.3. The summed E-state index contributed by atoms with van der Waals surface area (Å²) in [5.74, 6) is 2.24. The molecule has 0 amide bonds. The predicted octanol–water partition coefficient (Wildman–Crippen LogP) is 8.41. The highest BCUT2D eigenvalue weighted by molar-refractivity contribution is 6.32. The Kier molecular flexibility index (Phi) is 12.0. The Morgan fingerprint density at radius 2 is 1.45 bits per heavy atom. The monoisotopic (exact) mass is 702 g/mol. The van der Waals surface area contributed by atoms with Crippen LogP contribution in [0.2, 0.25) is 5.02 Å². The number of piperazine rings is 1. The van der Waals surface area contributed by atoms with E-state index in [1.807, 2.05) is 50.4 Å². The van der Waals surface area contributed by atoms with Gasteiger partial charge in [-0.3, -0.25) is 9.69 Å². The summed E-state index contributed by atoms with van der Waals surface area (Å²) in [7, 11) is 0. The summed E-state index contributed by atoms with van der Waals surface area (Å²) < 4.78 is 17.8. The first-order valence-corrected chi connectivity index (χ1v) is 17.6. The van der Waals surface area contributed by atoms with Crippen LogP contribution < -0.4 is 14.2 Å². The first kappa shape index (κ1) is 35.6. The van der Waals surface area contributed by atoms with Crippen molar-refractivity contribution in [3.63, 3.8) is 0 Å². The molecule has 1 saturated heterocycles. The van der Waals surface area contributed by atoms with E-state index < -0.39 is 0 Å². The van der Waals surface area contributed by atoms with Crippen LogP contribution in [0.5, 0.6) is 23.3 Å². The lowest BCUT2D eigenvalue weighted by molar-refractivity contribution is -0.104. The number of allylic oxidation sites excluding steroid dienone is 1. The number of hydrogen-bond donors (Lipinski definition) is 0. The topological polar surface area (TPSA) is 77.0 Å². The molecule has 3 heterocycles. The third kappa shape index (κ3) is 9.96. The summed E-state index contributed by atoms with van der Waals surface area (Å²) in [6, 6.07) is 28.3. The first-order valence-electron chi connectivity index (χ1n) is 17.2. The summed E-state index contributed by atoms with van der Waals surface area (Å²) in [6.07, 6.45) is 6.74. The van der Waals surface area contributed by atoms with Crippen molar-refractivity contribution >= 4 is 23.6 Å². The molecule has 0 atom stereocenters. The molecule has 0 bridgehead atoms. The standard InChI is InChI=1S/C42H43ClN4O4/c1-30-4-7-35(8-5-30)29-50-37-13-15-41(45-27-37)51-42-32(3)24-36(25-38(42)43)39(16-22-48)47-20-18-46(19-21-47)28-34-11-9-33(10-12-34)17-23-49-40-14-6-31(2)26-44-40/h4-16,22,24-27H,17-21,23,28-29H2,1-3H3/b39-16+. The maximum Gasteiger partial charge on any atom is 0.219 e. The molecule has 51 heavy (non-hydrogen) atoms. The molecule has 3 aromatic carbocycles. The molecule has 0 radical (unpaired) electrons. The van der Waals surface area contributed by atoms with Crippen molar-refractivity contribution in [2.75, 3.05) is 32.8 Å². The molecule has 262 valence electrons. The number of aryl methyl sites for hydroxylation is 3. The van der Waals surface area contributed by atoms with E-state index in [0.717, 1.165) is 73.4 Å². The Morgan fingerprint density at radius 1 is 0.765 bits per heavy atom. The van der Waals surface area contributed by atoms with E-state index in [1.165, 1.54) is 16.7 Å². The number of aromatic nitrogens is 2. The molecule has 0 N–H and O–H groups in total. The number of rotatable bonds is 14. The van der Waals surface area contributed by atoms with Crippen molar-refractivity contribution in [1.82, 2.24) is 19.8 Å². The van der Waals surface area contributed by atoms with Crippen LogP contribution in [0, 0.1) is 20.8 Å². The second-order valence-electron chi connectivity index (χ2n) is 12.9. The number of halogens is 1. The fraction of sp³-hybridized carbons (Fsp3) is 0.262. The minimum Gasteiger partial charge on any atom is -0.487 e. The molecule has 1 aliphatic heterocycles. The van der Waals surface area contributed by atoms with Gasteiger partial charge in [-0.1, -0.05) is 71.8 Å². The molecule has 8 nitrogen and oxygen atoms in total. The van der Waals surface area contributed by atoms with E-state index in [4.69, 9.17) is 25.8 Å². The van der Waals surface area contributed by atoms with Crippen LogP contribution in [0.1, 0.15) is 38.9 Å². The Bertz CT molecular complexity index is 1900. The summed E-state index contributed by atoms with van der Waals surface area (Å²) >= 11 is 6.78. The van der Waals surface area contributed by atoms with Crippen molar-refractivity contribution < 1.29 is 19.0 Å². The Hall–Kier alpha value is -5.18. The van der Waals surface area contributed by atoms with Gasteiger partial charge in [0, 0.05) is 69.2 Å². The van der Waals surface area contributed by atoms with Gasteiger partial charge in [0.2, 0.25) is 11.8 Å². The smallest absolute Gasteiger partial charge is 0.219 e. The highest BCUT2D eigenvalue weighted by atomic mass is 35.5. The molecule has 0 saturated carbocycles. The highest BCUT2D eigenvalue weighted by Gasteiger charge is 2.22. The molecule has 0 aliphatic carbocycles. The number of carbonyl (C=O) groups excluding carboxylic acids is 1. The number of hydrogen-bond acceptors (Lipinski definition) is 8. The number of ether oxygens (including phenoxy) is 3. The van der Waals surface area contributed by atoms with Gasteiger partial charge >= 0.3 is 0 Å². The van der Waals surface area contributed by atoms with Gasteiger partial charge in [-0.15, -0.1) is 0 Å². The summed E-state index contributed by atoms with van der Waals surface area (Å²) in [5.41, 5.74) is 8.49. The molecular formula is C42H43ClN4O4. The van der Waals surface area contributed by atoms with Crippen molar-refractivity contribution in [1.29, 1.82) is 0 Å². The zero-order valence-corrected chi connectivity index (χ0v) is 30.1. The van der Waals surface area contributed by atoms with E-state index in [-0.39, 0.29) is 0 Å². The lowest BCUT2D eigenvalue weighted by Gasteiger charge is -2.37. The van der Waals surface area contributed by atoms with E-state index in [2.05, 4.69) is 75.2 Å². The van der Waals surface area contributed by atoms with Gasteiger partial charge in [-0.25, -0.2) is 9.97 Å². The molecule has 0 unspecified atom stereocenters.